The molecule has 190 valence electrons. The normalized spacial score (nSPS) is 14.1. The number of hydrogen-bond donors (Lipinski definition) is 1. The number of benzene rings is 5. The summed E-state index contributed by atoms with van der Waals surface area (Å²) in [5.74, 6) is 0. The highest BCUT2D eigenvalue weighted by Gasteiger charge is 2.45. The summed E-state index contributed by atoms with van der Waals surface area (Å²) in [7, 11) is -3.48. The van der Waals surface area contributed by atoms with E-state index >= 15 is 4.57 Å². The summed E-state index contributed by atoms with van der Waals surface area (Å²) in [5, 5.41) is 13.6. The maximum Gasteiger partial charge on any atom is 0.208 e. The molecule has 0 radical (unpaired) electrons. The minimum Gasteiger partial charge on any atom is -0.386 e. The fraction of sp³-hybridized carbons (Fsp3) is 0.118. The first-order valence-electron chi connectivity index (χ1n) is 12.9. The molecule has 0 saturated heterocycles. The van der Waals surface area contributed by atoms with Crippen molar-refractivity contribution in [3.8, 4) is 0 Å². The van der Waals surface area contributed by atoms with Gasteiger partial charge in [0.25, 0.3) is 0 Å². The van der Waals surface area contributed by atoms with Crippen LogP contribution < -0.4 is 10.6 Å². The van der Waals surface area contributed by atoms with Crippen molar-refractivity contribution in [1.82, 2.24) is 4.67 Å². The molecular weight excluding hydrogens is 485 g/mol. The lowest BCUT2D eigenvalue weighted by Crippen LogP contribution is -2.39. The lowest BCUT2D eigenvalue weighted by atomic mass is 9.94. The summed E-state index contributed by atoms with van der Waals surface area (Å²) in [4.78, 5) is 0. The van der Waals surface area contributed by atoms with E-state index in [1.54, 1.807) is 0 Å². The van der Waals surface area contributed by atoms with Gasteiger partial charge in [-0.05, 0) is 47.9 Å². The van der Waals surface area contributed by atoms with Gasteiger partial charge in [-0.3, -0.25) is 4.57 Å². The Balaban J connectivity index is 1.82. The molecule has 1 N–H and O–H groups in total. The second kappa shape index (κ2) is 11.8. The molecule has 0 aliphatic rings. The van der Waals surface area contributed by atoms with E-state index in [0.29, 0.717) is 0 Å². The van der Waals surface area contributed by atoms with Crippen LogP contribution in [0.4, 0.5) is 0 Å². The molecule has 0 aromatic heterocycles. The van der Waals surface area contributed by atoms with Crippen LogP contribution >= 0.6 is 7.29 Å². The lowest BCUT2D eigenvalue weighted by molar-refractivity contribution is 0.0747. The average Bonchev–Trinajstić information content (AvgIpc) is 3.01. The van der Waals surface area contributed by atoms with Crippen LogP contribution in [0.15, 0.2) is 152 Å². The summed E-state index contributed by atoms with van der Waals surface area (Å²) in [6.45, 7) is 2.08. The van der Waals surface area contributed by atoms with Crippen molar-refractivity contribution in [3.05, 3.63) is 168 Å². The fourth-order valence-corrected chi connectivity index (χ4v) is 8.40. The Morgan fingerprint density at radius 2 is 0.868 bits per heavy atom. The van der Waals surface area contributed by atoms with Gasteiger partial charge in [-0.15, -0.1) is 0 Å². The molecule has 38 heavy (non-hydrogen) atoms. The molecule has 5 aromatic carbocycles. The largest absolute Gasteiger partial charge is 0.386 e. The minimum atomic E-state index is -3.48. The molecule has 0 amide bonds. The van der Waals surface area contributed by atoms with E-state index < -0.39 is 19.4 Å². The maximum atomic E-state index is 15.9. The summed E-state index contributed by atoms with van der Waals surface area (Å²) in [5.41, 5.74) is 2.71. The van der Waals surface area contributed by atoms with Gasteiger partial charge >= 0.3 is 0 Å². The van der Waals surface area contributed by atoms with Crippen LogP contribution in [0.1, 0.15) is 41.8 Å². The molecular formula is C34H32NO2P. The topological polar surface area (TPSA) is 40.5 Å². The molecule has 0 heterocycles. The molecule has 0 aliphatic heterocycles. The Labute approximate surface area is 225 Å². The SMILES string of the molecule is C[C@@H](c1ccccc1)N([C@@H](c1ccccc1)[C@H](O)c1ccccc1)P(=O)(c1ccccc1)c1ccccc1. The molecule has 3 nitrogen and oxygen atoms in total. The van der Waals surface area contributed by atoms with Crippen LogP contribution in [0.25, 0.3) is 0 Å². The second-order valence-corrected chi connectivity index (χ2v) is 12.1. The van der Waals surface area contributed by atoms with Crippen LogP contribution in [0, 0.1) is 0 Å². The summed E-state index contributed by atoms with van der Waals surface area (Å²) in [6, 6.07) is 48.2. The van der Waals surface area contributed by atoms with Crippen molar-refractivity contribution in [2.45, 2.75) is 25.1 Å². The number of aliphatic hydroxyl groups is 1. The van der Waals surface area contributed by atoms with E-state index in [-0.39, 0.29) is 6.04 Å². The first-order valence-corrected chi connectivity index (χ1v) is 14.6. The fourth-order valence-electron chi connectivity index (χ4n) is 5.18. The molecule has 3 atom stereocenters. The van der Waals surface area contributed by atoms with Crippen molar-refractivity contribution in [2.24, 2.45) is 0 Å². The van der Waals surface area contributed by atoms with Gasteiger partial charge in [-0.2, -0.15) is 0 Å². The number of hydrogen-bond acceptors (Lipinski definition) is 2. The van der Waals surface area contributed by atoms with E-state index in [1.807, 2.05) is 140 Å². The average molecular weight is 518 g/mol. The summed E-state index contributed by atoms with van der Waals surface area (Å²) < 4.78 is 18.0. The zero-order chi connectivity index (χ0) is 26.4. The van der Waals surface area contributed by atoms with Gasteiger partial charge in [-0.1, -0.05) is 127 Å². The molecule has 5 rings (SSSR count). The van der Waals surface area contributed by atoms with Gasteiger partial charge in [0, 0.05) is 16.7 Å². The van der Waals surface area contributed by atoms with E-state index in [4.69, 9.17) is 0 Å². The summed E-state index contributed by atoms with van der Waals surface area (Å²) in [6.07, 6.45) is -0.925. The smallest absolute Gasteiger partial charge is 0.208 e. The van der Waals surface area contributed by atoms with E-state index in [1.165, 1.54) is 0 Å². The van der Waals surface area contributed by atoms with Gasteiger partial charge in [0.2, 0.25) is 7.29 Å². The Hall–Kier alpha value is -3.75. The molecule has 0 bridgehead atoms. The minimum absolute atomic E-state index is 0.286. The maximum absolute atomic E-state index is 15.9. The highest BCUT2D eigenvalue weighted by molar-refractivity contribution is 7.76. The number of nitrogens with zero attached hydrogens (tertiary/aromatic N) is 1. The van der Waals surface area contributed by atoms with Gasteiger partial charge in [0.1, 0.15) is 0 Å². The van der Waals surface area contributed by atoms with Crippen LogP contribution in [0.2, 0.25) is 0 Å². The molecule has 0 fully saturated rings. The van der Waals surface area contributed by atoms with Gasteiger partial charge in [0.15, 0.2) is 0 Å². The summed E-state index contributed by atoms with van der Waals surface area (Å²) >= 11 is 0. The standard InChI is InChI=1S/C34H32NO2P/c1-27(28-17-7-2-8-18-28)35(38(37,31-23-13-5-14-24-31)32-25-15-6-16-26-32)33(29-19-9-3-10-20-29)34(36)30-21-11-4-12-22-30/h2-27,33-34,36H,1H3/t27-,33-,34+/m0/s1. The zero-order valence-electron chi connectivity index (χ0n) is 21.4. The van der Waals surface area contributed by atoms with Crippen molar-refractivity contribution in [1.29, 1.82) is 0 Å². The van der Waals surface area contributed by atoms with Crippen LogP contribution in [0.3, 0.4) is 0 Å². The van der Waals surface area contributed by atoms with E-state index in [9.17, 15) is 5.11 Å². The predicted octanol–water partition coefficient (Wildman–Crippen LogP) is 7.45. The quantitative estimate of drug-likeness (QED) is 0.206. The highest BCUT2D eigenvalue weighted by Crippen LogP contribution is 2.58. The second-order valence-electron chi connectivity index (χ2n) is 9.42. The van der Waals surface area contributed by atoms with Gasteiger partial charge < -0.3 is 5.11 Å². The molecule has 0 aliphatic carbocycles. The molecule has 5 aromatic rings. The zero-order valence-corrected chi connectivity index (χ0v) is 22.3. The molecule has 0 saturated carbocycles. The third kappa shape index (κ3) is 5.14. The third-order valence-corrected chi connectivity index (χ3v) is 10.3. The Morgan fingerprint density at radius 1 is 0.526 bits per heavy atom. The predicted molar refractivity (Wildman–Crippen MR) is 157 cm³/mol. The van der Waals surface area contributed by atoms with Crippen LogP contribution in [0.5, 0.6) is 0 Å². The van der Waals surface area contributed by atoms with E-state index in [0.717, 1.165) is 27.3 Å². The third-order valence-electron chi connectivity index (χ3n) is 7.08. The van der Waals surface area contributed by atoms with Crippen LogP contribution in [-0.4, -0.2) is 9.78 Å². The number of rotatable bonds is 9. The van der Waals surface area contributed by atoms with Crippen molar-refractivity contribution in [3.63, 3.8) is 0 Å². The van der Waals surface area contributed by atoms with Crippen molar-refractivity contribution in [2.75, 3.05) is 0 Å². The molecule has 4 heteroatoms. The lowest BCUT2D eigenvalue weighted by Gasteiger charge is -2.44. The number of aliphatic hydroxyl groups excluding tert-OH is 1. The molecule has 0 spiro atoms. The Bertz CT molecular complexity index is 1420. The first-order chi connectivity index (χ1) is 18.6. The molecule has 0 unspecified atom stereocenters. The van der Waals surface area contributed by atoms with E-state index in [2.05, 4.69) is 23.7 Å². The van der Waals surface area contributed by atoms with Gasteiger partial charge in [0.05, 0.1) is 12.1 Å². The van der Waals surface area contributed by atoms with Gasteiger partial charge in [-0.25, -0.2) is 4.67 Å². The Kier molecular flexibility index (Phi) is 8.00. The van der Waals surface area contributed by atoms with Crippen molar-refractivity contribution < 1.29 is 9.67 Å². The Morgan fingerprint density at radius 3 is 1.29 bits per heavy atom. The van der Waals surface area contributed by atoms with Crippen LogP contribution in [-0.2, 0) is 4.57 Å². The first kappa shape index (κ1) is 25.9. The highest BCUT2D eigenvalue weighted by atomic mass is 31.2. The monoisotopic (exact) mass is 517 g/mol. The van der Waals surface area contributed by atoms with Crippen molar-refractivity contribution >= 4 is 17.9 Å².